The van der Waals surface area contributed by atoms with Crippen LogP contribution in [0.4, 0.5) is 5.82 Å². The van der Waals surface area contributed by atoms with Crippen LogP contribution in [0.2, 0.25) is 0 Å². The van der Waals surface area contributed by atoms with E-state index in [-0.39, 0.29) is 0 Å². The summed E-state index contributed by atoms with van der Waals surface area (Å²) in [6.45, 7) is 6.72. The molecule has 82 valence electrons. The van der Waals surface area contributed by atoms with Gasteiger partial charge in [0.1, 0.15) is 12.1 Å². The fourth-order valence-electron chi connectivity index (χ4n) is 1.76. The average Bonchev–Trinajstić information content (AvgIpc) is 2.74. The molecule has 1 unspecified atom stereocenters. The van der Waals surface area contributed by atoms with E-state index in [1.807, 2.05) is 0 Å². The maximum absolute atomic E-state index is 4.25. The molecule has 2 rings (SSSR count). The minimum Gasteiger partial charge on any atom is -0.367 e. The van der Waals surface area contributed by atoms with E-state index in [4.69, 9.17) is 0 Å². The van der Waals surface area contributed by atoms with Gasteiger partial charge in [-0.1, -0.05) is 27.2 Å². The number of nitrogens with zero attached hydrogens (tertiary/aromatic N) is 2. The highest BCUT2D eigenvalue weighted by Gasteiger charge is 2.45. The molecule has 1 N–H and O–H groups in total. The highest BCUT2D eigenvalue weighted by Crippen LogP contribution is 2.46. The van der Waals surface area contributed by atoms with Crippen LogP contribution in [0.1, 0.15) is 39.3 Å². The zero-order valence-electron chi connectivity index (χ0n) is 9.75. The highest BCUT2D eigenvalue weighted by molar-refractivity contribution is 5.39. The molecule has 1 saturated carbocycles. The summed E-state index contributed by atoms with van der Waals surface area (Å²) in [4.78, 5) is 8.49. The second-order valence-electron chi connectivity index (χ2n) is 5.03. The molecule has 1 aliphatic carbocycles. The Balaban J connectivity index is 2.00. The summed E-state index contributed by atoms with van der Waals surface area (Å²) in [6, 6.07) is 2.65. The van der Waals surface area contributed by atoms with Crippen molar-refractivity contribution in [3.8, 4) is 0 Å². The minimum atomic E-state index is 0.440. The fraction of sp³-hybridized carbons (Fsp3) is 0.667. The molecule has 3 heteroatoms. The van der Waals surface area contributed by atoms with Gasteiger partial charge in [-0.3, -0.25) is 0 Å². The molecular formula is C12H19N3. The van der Waals surface area contributed by atoms with Gasteiger partial charge in [0.25, 0.3) is 0 Å². The third kappa shape index (κ3) is 2.46. The van der Waals surface area contributed by atoms with Crippen molar-refractivity contribution < 1.29 is 0 Å². The standard InChI is InChI=1S/C12H19N3/c1-4-5-9-6-11(14-8-13-9)15-10-7-12(10,2)3/h6,8,10H,4-5,7H2,1-3H3,(H,13,14,15). The van der Waals surface area contributed by atoms with Gasteiger partial charge in [0.05, 0.1) is 0 Å². The number of aryl methyl sites for hydroxylation is 1. The van der Waals surface area contributed by atoms with E-state index in [1.54, 1.807) is 6.33 Å². The van der Waals surface area contributed by atoms with Crippen LogP contribution in [-0.2, 0) is 6.42 Å². The second-order valence-corrected chi connectivity index (χ2v) is 5.03. The number of nitrogens with one attached hydrogen (secondary N) is 1. The summed E-state index contributed by atoms with van der Waals surface area (Å²) < 4.78 is 0. The van der Waals surface area contributed by atoms with Crippen LogP contribution in [0.5, 0.6) is 0 Å². The van der Waals surface area contributed by atoms with Gasteiger partial charge in [-0.2, -0.15) is 0 Å². The van der Waals surface area contributed by atoms with Gasteiger partial charge in [-0.05, 0) is 18.3 Å². The Kier molecular flexibility index (Phi) is 2.63. The fourth-order valence-corrected chi connectivity index (χ4v) is 1.76. The van der Waals surface area contributed by atoms with Crippen LogP contribution in [-0.4, -0.2) is 16.0 Å². The monoisotopic (exact) mass is 205 g/mol. The number of anilines is 1. The predicted octanol–water partition coefficient (Wildman–Crippen LogP) is 2.64. The Morgan fingerprint density at radius 2 is 2.20 bits per heavy atom. The third-order valence-corrected chi connectivity index (χ3v) is 3.07. The molecule has 1 aliphatic rings. The van der Waals surface area contributed by atoms with Crippen molar-refractivity contribution in [2.75, 3.05) is 5.32 Å². The van der Waals surface area contributed by atoms with Crippen molar-refractivity contribution in [3.63, 3.8) is 0 Å². The van der Waals surface area contributed by atoms with Gasteiger partial charge in [0.2, 0.25) is 0 Å². The third-order valence-electron chi connectivity index (χ3n) is 3.07. The zero-order valence-corrected chi connectivity index (χ0v) is 9.75. The molecule has 0 amide bonds. The van der Waals surface area contributed by atoms with Crippen molar-refractivity contribution in [3.05, 3.63) is 18.1 Å². The lowest BCUT2D eigenvalue weighted by molar-refractivity contribution is 0.629. The Labute approximate surface area is 91.3 Å². The lowest BCUT2D eigenvalue weighted by atomic mass is 10.2. The molecule has 0 spiro atoms. The van der Waals surface area contributed by atoms with Crippen LogP contribution in [0.15, 0.2) is 12.4 Å². The van der Waals surface area contributed by atoms with Crippen molar-refractivity contribution in [1.29, 1.82) is 0 Å². The molecule has 1 fully saturated rings. The van der Waals surface area contributed by atoms with Gasteiger partial charge >= 0.3 is 0 Å². The van der Waals surface area contributed by atoms with E-state index >= 15 is 0 Å². The Hall–Kier alpha value is -1.12. The average molecular weight is 205 g/mol. The zero-order chi connectivity index (χ0) is 10.9. The predicted molar refractivity (Wildman–Crippen MR) is 61.8 cm³/mol. The molecule has 1 aromatic heterocycles. The number of hydrogen-bond donors (Lipinski definition) is 1. The maximum atomic E-state index is 4.25. The molecule has 0 aliphatic heterocycles. The van der Waals surface area contributed by atoms with Crippen molar-refractivity contribution >= 4 is 5.82 Å². The van der Waals surface area contributed by atoms with Gasteiger partial charge in [0.15, 0.2) is 0 Å². The molecule has 0 aromatic carbocycles. The van der Waals surface area contributed by atoms with Crippen LogP contribution in [0.25, 0.3) is 0 Å². The molecule has 15 heavy (non-hydrogen) atoms. The van der Waals surface area contributed by atoms with Crippen LogP contribution < -0.4 is 5.32 Å². The molecule has 0 bridgehead atoms. The van der Waals surface area contributed by atoms with E-state index in [9.17, 15) is 0 Å². The minimum absolute atomic E-state index is 0.440. The summed E-state index contributed by atoms with van der Waals surface area (Å²) >= 11 is 0. The topological polar surface area (TPSA) is 37.8 Å². The molecule has 1 heterocycles. The molecule has 1 atom stereocenters. The lowest BCUT2D eigenvalue weighted by Gasteiger charge is -2.07. The van der Waals surface area contributed by atoms with Crippen LogP contribution >= 0.6 is 0 Å². The van der Waals surface area contributed by atoms with Crippen molar-refractivity contribution in [2.24, 2.45) is 5.41 Å². The van der Waals surface area contributed by atoms with E-state index < -0.39 is 0 Å². The van der Waals surface area contributed by atoms with Gasteiger partial charge in [-0.25, -0.2) is 9.97 Å². The number of rotatable bonds is 4. The normalized spacial score (nSPS) is 22.5. The first-order valence-corrected chi connectivity index (χ1v) is 5.69. The maximum Gasteiger partial charge on any atom is 0.129 e. The summed E-state index contributed by atoms with van der Waals surface area (Å²) in [6.07, 6.45) is 5.06. The molecule has 0 saturated heterocycles. The Morgan fingerprint density at radius 3 is 2.80 bits per heavy atom. The molecule has 1 aromatic rings. The molecule has 0 radical (unpaired) electrons. The smallest absolute Gasteiger partial charge is 0.129 e. The first-order chi connectivity index (χ1) is 7.12. The molecule has 3 nitrogen and oxygen atoms in total. The van der Waals surface area contributed by atoms with Gasteiger partial charge in [-0.15, -0.1) is 0 Å². The Bertz CT molecular complexity index is 346. The lowest BCUT2D eigenvalue weighted by Crippen LogP contribution is -2.10. The first kappa shape index (κ1) is 10.4. The summed E-state index contributed by atoms with van der Waals surface area (Å²) in [5, 5.41) is 3.45. The van der Waals surface area contributed by atoms with E-state index in [1.165, 1.54) is 6.42 Å². The van der Waals surface area contributed by atoms with Gasteiger partial charge < -0.3 is 5.32 Å². The summed E-state index contributed by atoms with van der Waals surface area (Å²) in [7, 11) is 0. The second kappa shape index (κ2) is 3.80. The van der Waals surface area contributed by atoms with E-state index in [0.717, 1.165) is 24.4 Å². The largest absolute Gasteiger partial charge is 0.367 e. The quantitative estimate of drug-likeness (QED) is 0.821. The first-order valence-electron chi connectivity index (χ1n) is 5.69. The number of aromatic nitrogens is 2. The van der Waals surface area contributed by atoms with Crippen LogP contribution in [0, 0.1) is 5.41 Å². The van der Waals surface area contributed by atoms with E-state index in [2.05, 4.69) is 42.1 Å². The van der Waals surface area contributed by atoms with Crippen molar-refractivity contribution in [1.82, 2.24) is 9.97 Å². The summed E-state index contributed by atoms with van der Waals surface area (Å²) in [5.41, 5.74) is 1.57. The van der Waals surface area contributed by atoms with Crippen LogP contribution in [0.3, 0.4) is 0 Å². The van der Waals surface area contributed by atoms with E-state index in [0.29, 0.717) is 11.5 Å². The Morgan fingerprint density at radius 1 is 1.47 bits per heavy atom. The SMILES string of the molecule is CCCc1cc(NC2CC2(C)C)ncn1. The molecular weight excluding hydrogens is 186 g/mol. The summed E-state index contributed by atoms with van der Waals surface area (Å²) in [5.74, 6) is 0.976. The van der Waals surface area contributed by atoms with Crippen molar-refractivity contribution in [2.45, 2.75) is 46.1 Å². The van der Waals surface area contributed by atoms with Gasteiger partial charge in [0, 0.05) is 17.8 Å². The number of hydrogen-bond acceptors (Lipinski definition) is 3. The highest BCUT2D eigenvalue weighted by atomic mass is 15.1.